The summed E-state index contributed by atoms with van der Waals surface area (Å²) in [5.41, 5.74) is 7.95. The van der Waals surface area contributed by atoms with Crippen LogP contribution in [0.1, 0.15) is 60.3 Å². The van der Waals surface area contributed by atoms with Gasteiger partial charge in [-0.25, -0.2) is 14.3 Å². The Hall–Kier alpha value is -3.49. The van der Waals surface area contributed by atoms with Gasteiger partial charge >= 0.3 is 11.9 Å². The fourth-order valence-electron chi connectivity index (χ4n) is 5.09. The van der Waals surface area contributed by atoms with Crippen molar-refractivity contribution >= 4 is 11.9 Å². The van der Waals surface area contributed by atoms with E-state index in [1.54, 1.807) is 12.1 Å². The van der Waals surface area contributed by atoms with Crippen LogP contribution in [0.25, 0.3) is 5.69 Å². The lowest BCUT2D eigenvalue weighted by Gasteiger charge is -2.29. The molecule has 3 aliphatic rings. The van der Waals surface area contributed by atoms with Crippen molar-refractivity contribution in [2.45, 2.75) is 39.2 Å². The van der Waals surface area contributed by atoms with Gasteiger partial charge in [-0.2, -0.15) is 5.10 Å². The van der Waals surface area contributed by atoms with Crippen molar-refractivity contribution in [3.63, 3.8) is 0 Å². The number of benzene rings is 2. The maximum Gasteiger partial charge on any atom is 0.338 e. The van der Waals surface area contributed by atoms with Gasteiger partial charge in [0.05, 0.1) is 29.1 Å². The third-order valence-corrected chi connectivity index (χ3v) is 6.92. The number of aliphatic hydroxyl groups is 1. The molecule has 2 aromatic carbocycles. The molecule has 3 aliphatic heterocycles. The lowest BCUT2D eigenvalue weighted by Crippen LogP contribution is -2.34. The molecule has 1 N–H and O–H groups in total. The number of fused-ring (bicyclic) bond motifs is 3. The summed E-state index contributed by atoms with van der Waals surface area (Å²) in [6.07, 6.45) is 2.03. The van der Waals surface area contributed by atoms with Crippen molar-refractivity contribution in [2.24, 2.45) is 0 Å². The molecule has 8 nitrogen and oxygen atoms in total. The standard InChI is InChI=1S/C25H23N3O5/c1-14-18(4-5-20-21(14)13-33-25(20)31)23(29)11-27-7-6-22-16(10-27)9-26-28(22)17-2-3-19-15(8-17)12-32-24(19)30/h2-5,8-9,23,29H,6-7,10-13H2,1H3. The van der Waals surface area contributed by atoms with Crippen molar-refractivity contribution in [1.29, 1.82) is 0 Å². The van der Waals surface area contributed by atoms with Crippen LogP contribution < -0.4 is 0 Å². The molecule has 0 fully saturated rings. The number of aromatic nitrogens is 2. The van der Waals surface area contributed by atoms with Crippen LogP contribution in [0.2, 0.25) is 0 Å². The van der Waals surface area contributed by atoms with Crippen molar-refractivity contribution in [1.82, 2.24) is 14.7 Å². The molecular weight excluding hydrogens is 422 g/mol. The molecule has 0 saturated carbocycles. The molecule has 8 heteroatoms. The Balaban J connectivity index is 1.19. The van der Waals surface area contributed by atoms with Gasteiger partial charge in [0.1, 0.15) is 13.2 Å². The van der Waals surface area contributed by atoms with Gasteiger partial charge in [-0.3, -0.25) is 4.90 Å². The Morgan fingerprint density at radius 2 is 1.85 bits per heavy atom. The van der Waals surface area contributed by atoms with Crippen molar-refractivity contribution < 1.29 is 24.2 Å². The molecule has 6 rings (SSSR count). The Kier molecular flexibility index (Phi) is 4.60. The molecule has 1 aromatic heterocycles. The summed E-state index contributed by atoms with van der Waals surface area (Å²) in [4.78, 5) is 25.7. The predicted molar refractivity (Wildman–Crippen MR) is 117 cm³/mol. The van der Waals surface area contributed by atoms with E-state index in [-0.39, 0.29) is 18.5 Å². The summed E-state index contributed by atoms with van der Waals surface area (Å²) in [6, 6.07) is 9.26. The molecule has 1 unspecified atom stereocenters. The number of aliphatic hydroxyl groups excluding tert-OH is 1. The molecule has 4 heterocycles. The summed E-state index contributed by atoms with van der Waals surface area (Å²) in [5, 5.41) is 15.6. The average molecular weight is 445 g/mol. The SMILES string of the molecule is Cc1c(C(O)CN2CCc3c(cnn3-c3ccc4c(c3)COC4=O)C2)ccc2c1COC2=O. The van der Waals surface area contributed by atoms with E-state index in [4.69, 9.17) is 9.47 Å². The quantitative estimate of drug-likeness (QED) is 0.617. The molecule has 0 aliphatic carbocycles. The van der Waals surface area contributed by atoms with Gasteiger partial charge in [0, 0.05) is 48.4 Å². The molecule has 33 heavy (non-hydrogen) atoms. The van der Waals surface area contributed by atoms with Gasteiger partial charge in [0.2, 0.25) is 0 Å². The van der Waals surface area contributed by atoms with Gasteiger partial charge < -0.3 is 14.6 Å². The molecule has 1 atom stereocenters. The average Bonchev–Trinajstić information content (AvgIpc) is 3.51. The van der Waals surface area contributed by atoms with E-state index in [2.05, 4.69) is 10.00 Å². The lowest BCUT2D eigenvalue weighted by molar-refractivity contribution is 0.0526. The molecule has 3 aromatic rings. The van der Waals surface area contributed by atoms with Crippen molar-refractivity contribution in [2.75, 3.05) is 13.1 Å². The predicted octanol–water partition coefficient (Wildman–Crippen LogP) is 2.61. The number of rotatable bonds is 4. The van der Waals surface area contributed by atoms with Crippen LogP contribution in [0.5, 0.6) is 0 Å². The van der Waals surface area contributed by atoms with Gasteiger partial charge in [0.25, 0.3) is 0 Å². The molecule has 0 amide bonds. The summed E-state index contributed by atoms with van der Waals surface area (Å²) in [5.74, 6) is -0.566. The summed E-state index contributed by atoms with van der Waals surface area (Å²) in [7, 11) is 0. The maximum absolute atomic E-state index is 11.8. The molecule has 0 spiro atoms. The van der Waals surface area contributed by atoms with Crippen LogP contribution in [0.15, 0.2) is 36.5 Å². The van der Waals surface area contributed by atoms with E-state index in [1.165, 1.54) is 0 Å². The van der Waals surface area contributed by atoms with Crippen molar-refractivity contribution in [3.05, 3.63) is 81.2 Å². The normalized spacial score (nSPS) is 17.9. The number of carbonyl (C=O) groups is 2. The van der Waals surface area contributed by atoms with Crippen LogP contribution >= 0.6 is 0 Å². The van der Waals surface area contributed by atoms with Gasteiger partial charge in [-0.05, 0) is 42.3 Å². The van der Waals surface area contributed by atoms with Crippen LogP contribution in [-0.4, -0.2) is 44.8 Å². The number of hydrogen-bond acceptors (Lipinski definition) is 7. The minimum atomic E-state index is -0.656. The summed E-state index contributed by atoms with van der Waals surface area (Å²) < 4.78 is 12.2. The van der Waals surface area contributed by atoms with Gasteiger partial charge in [0.15, 0.2) is 0 Å². The number of cyclic esters (lactones) is 2. The fourth-order valence-corrected chi connectivity index (χ4v) is 5.09. The second kappa shape index (κ2) is 7.54. The largest absolute Gasteiger partial charge is 0.457 e. The third kappa shape index (κ3) is 3.25. The minimum absolute atomic E-state index is 0.272. The first-order valence-corrected chi connectivity index (χ1v) is 11.1. The highest BCUT2D eigenvalue weighted by Crippen LogP contribution is 2.31. The molecule has 0 saturated heterocycles. The zero-order chi connectivity index (χ0) is 22.7. The van der Waals surface area contributed by atoms with E-state index in [0.717, 1.165) is 52.2 Å². The van der Waals surface area contributed by atoms with E-state index in [0.29, 0.717) is 30.8 Å². The Bertz CT molecular complexity index is 1310. The van der Waals surface area contributed by atoms with E-state index < -0.39 is 6.10 Å². The minimum Gasteiger partial charge on any atom is -0.457 e. The smallest absolute Gasteiger partial charge is 0.338 e. The lowest BCUT2D eigenvalue weighted by atomic mass is 9.95. The molecule has 168 valence electrons. The van der Waals surface area contributed by atoms with Crippen LogP contribution in [0, 0.1) is 6.92 Å². The maximum atomic E-state index is 11.8. The highest BCUT2D eigenvalue weighted by molar-refractivity contribution is 5.94. The molecule has 0 radical (unpaired) electrons. The number of ether oxygens (including phenoxy) is 2. The van der Waals surface area contributed by atoms with E-state index >= 15 is 0 Å². The van der Waals surface area contributed by atoms with Crippen LogP contribution in [0.4, 0.5) is 0 Å². The van der Waals surface area contributed by atoms with Crippen LogP contribution in [-0.2, 0) is 35.7 Å². The Morgan fingerprint density at radius 3 is 2.73 bits per heavy atom. The topological polar surface area (TPSA) is 93.9 Å². The first kappa shape index (κ1) is 20.1. The number of nitrogens with zero attached hydrogens (tertiary/aromatic N) is 3. The fraction of sp³-hybridized carbons (Fsp3) is 0.320. The molecule has 0 bridgehead atoms. The highest BCUT2D eigenvalue weighted by atomic mass is 16.5. The van der Waals surface area contributed by atoms with E-state index in [1.807, 2.05) is 36.0 Å². The second-order valence-electron chi connectivity index (χ2n) is 8.83. The Morgan fingerprint density at radius 1 is 1.06 bits per heavy atom. The van der Waals surface area contributed by atoms with Crippen LogP contribution in [0.3, 0.4) is 0 Å². The van der Waals surface area contributed by atoms with Gasteiger partial charge in [-0.15, -0.1) is 0 Å². The molecular formula is C25H23N3O5. The van der Waals surface area contributed by atoms with Crippen molar-refractivity contribution in [3.8, 4) is 5.69 Å². The first-order chi connectivity index (χ1) is 16.0. The van der Waals surface area contributed by atoms with E-state index in [9.17, 15) is 14.7 Å². The third-order valence-electron chi connectivity index (χ3n) is 6.92. The number of carbonyl (C=O) groups excluding carboxylic acids is 2. The Labute approximate surface area is 190 Å². The summed E-state index contributed by atoms with van der Waals surface area (Å²) in [6.45, 7) is 4.51. The van der Waals surface area contributed by atoms with Gasteiger partial charge in [-0.1, -0.05) is 6.07 Å². The summed E-state index contributed by atoms with van der Waals surface area (Å²) >= 11 is 0. The monoisotopic (exact) mass is 445 g/mol. The zero-order valence-electron chi connectivity index (χ0n) is 18.2. The first-order valence-electron chi connectivity index (χ1n) is 11.1. The number of β-amino-alcohol motifs (C(OH)–C–C–N with tert-alkyl or cyclic N) is 1. The highest BCUT2D eigenvalue weighted by Gasteiger charge is 2.28. The zero-order valence-corrected chi connectivity index (χ0v) is 18.2. The number of esters is 2. The second-order valence-corrected chi connectivity index (χ2v) is 8.83. The number of hydrogen-bond donors (Lipinski definition) is 1.